The number of hydrogen-bond acceptors (Lipinski definition) is 4. The number of nitrogens with one attached hydrogen (secondary N) is 2. The lowest BCUT2D eigenvalue weighted by Gasteiger charge is -2.14. The molecule has 2 unspecified atom stereocenters. The van der Waals surface area contributed by atoms with Gasteiger partial charge < -0.3 is 10.6 Å². The fraction of sp³-hybridized carbons (Fsp3) is 0.500. The molecule has 2 aromatic rings. The number of carbonyl (C=O) groups is 1. The zero-order valence-corrected chi connectivity index (χ0v) is 12.0. The molecule has 0 spiro atoms. The lowest BCUT2D eigenvalue weighted by molar-refractivity contribution is -0.120. The van der Waals surface area contributed by atoms with Crippen molar-refractivity contribution in [3.63, 3.8) is 0 Å². The molecule has 3 heterocycles. The van der Waals surface area contributed by atoms with Crippen LogP contribution in [0, 0.1) is 18.8 Å². The van der Waals surface area contributed by atoms with Crippen molar-refractivity contribution in [1.29, 1.82) is 0 Å². The molecular weight excluding hydrogens is 254 g/mol. The number of hydrogen-bond donors (Lipinski definition) is 2. The van der Waals surface area contributed by atoms with E-state index in [0.29, 0.717) is 5.92 Å². The number of carbonyl (C=O) groups excluding carboxylic acids is 1. The first kappa shape index (κ1) is 13.1. The van der Waals surface area contributed by atoms with E-state index < -0.39 is 0 Å². The number of aryl methyl sites for hydroxylation is 2. The van der Waals surface area contributed by atoms with Crippen molar-refractivity contribution < 1.29 is 4.79 Å². The van der Waals surface area contributed by atoms with Crippen LogP contribution in [0.3, 0.4) is 0 Å². The van der Waals surface area contributed by atoms with Crippen molar-refractivity contribution in [1.82, 2.24) is 20.1 Å². The summed E-state index contributed by atoms with van der Waals surface area (Å²) < 4.78 is 1.75. The zero-order chi connectivity index (χ0) is 14.3. The second-order valence-electron chi connectivity index (χ2n) is 5.54. The Kier molecular flexibility index (Phi) is 3.17. The molecule has 106 valence electrons. The third-order valence-electron chi connectivity index (χ3n) is 3.98. The highest BCUT2D eigenvalue weighted by Gasteiger charge is 2.29. The van der Waals surface area contributed by atoms with E-state index in [2.05, 4.69) is 27.6 Å². The number of amides is 1. The summed E-state index contributed by atoms with van der Waals surface area (Å²) in [4.78, 5) is 16.6. The van der Waals surface area contributed by atoms with Crippen molar-refractivity contribution in [2.45, 2.75) is 13.8 Å². The summed E-state index contributed by atoms with van der Waals surface area (Å²) >= 11 is 0. The average Bonchev–Trinajstić information content (AvgIpc) is 2.95. The fourth-order valence-electron chi connectivity index (χ4n) is 2.77. The largest absolute Gasteiger partial charge is 0.324 e. The quantitative estimate of drug-likeness (QED) is 0.858. The molecule has 3 rings (SSSR count). The molecule has 6 nitrogen and oxygen atoms in total. The third kappa shape index (κ3) is 2.16. The first-order valence-electron chi connectivity index (χ1n) is 6.87. The van der Waals surface area contributed by atoms with Crippen LogP contribution in [0.15, 0.2) is 12.3 Å². The maximum Gasteiger partial charge on any atom is 0.229 e. The molecule has 2 aromatic heterocycles. The summed E-state index contributed by atoms with van der Waals surface area (Å²) in [6.07, 6.45) is 1.69. The molecule has 1 aliphatic rings. The minimum Gasteiger partial charge on any atom is -0.324 e. The van der Waals surface area contributed by atoms with Gasteiger partial charge >= 0.3 is 0 Å². The standard InChI is InChI=1S/C14H19N5O/c1-8-5-15-7-12(8)14(20)17-10-4-11-9(2)18-19(3)13(11)16-6-10/h4,6,8,12,15H,5,7H2,1-3H3,(H,17,20). The van der Waals surface area contributed by atoms with Crippen LogP contribution in [-0.2, 0) is 11.8 Å². The predicted molar refractivity (Wildman–Crippen MR) is 77.4 cm³/mol. The van der Waals surface area contributed by atoms with Gasteiger partial charge in [-0.05, 0) is 25.5 Å². The van der Waals surface area contributed by atoms with Gasteiger partial charge in [0.1, 0.15) is 0 Å². The Morgan fingerprint density at radius 2 is 2.30 bits per heavy atom. The molecule has 20 heavy (non-hydrogen) atoms. The van der Waals surface area contributed by atoms with Gasteiger partial charge in [0, 0.05) is 19.0 Å². The van der Waals surface area contributed by atoms with Crippen LogP contribution in [-0.4, -0.2) is 33.8 Å². The molecule has 1 fully saturated rings. The molecule has 2 atom stereocenters. The van der Waals surface area contributed by atoms with E-state index in [9.17, 15) is 4.79 Å². The highest BCUT2D eigenvalue weighted by Crippen LogP contribution is 2.22. The zero-order valence-electron chi connectivity index (χ0n) is 12.0. The predicted octanol–water partition coefficient (Wildman–Crippen LogP) is 1.07. The molecule has 1 amide bonds. The van der Waals surface area contributed by atoms with Crippen LogP contribution in [0.2, 0.25) is 0 Å². The second kappa shape index (κ2) is 4.86. The summed E-state index contributed by atoms with van der Waals surface area (Å²) in [7, 11) is 1.87. The number of aromatic nitrogens is 3. The molecule has 0 aromatic carbocycles. The van der Waals surface area contributed by atoms with E-state index in [0.717, 1.165) is 35.5 Å². The van der Waals surface area contributed by atoms with E-state index in [1.165, 1.54) is 0 Å². The number of anilines is 1. The highest BCUT2D eigenvalue weighted by atomic mass is 16.1. The van der Waals surface area contributed by atoms with Gasteiger partial charge in [0.25, 0.3) is 0 Å². The number of rotatable bonds is 2. The monoisotopic (exact) mass is 273 g/mol. The number of fused-ring (bicyclic) bond motifs is 1. The van der Waals surface area contributed by atoms with Gasteiger partial charge in [0.05, 0.1) is 23.5 Å². The molecule has 0 saturated carbocycles. The van der Waals surface area contributed by atoms with Crippen molar-refractivity contribution in [3.8, 4) is 0 Å². The minimum absolute atomic E-state index is 0.0284. The van der Waals surface area contributed by atoms with Gasteiger partial charge in [-0.2, -0.15) is 5.10 Å². The summed E-state index contributed by atoms with van der Waals surface area (Å²) in [5.41, 5.74) is 2.48. The molecule has 1 saturated heterocycles. The first-order valence-corrected chi connectivity index (χ1v) is 6.87. The van der Waals surface area contributed by atoms with E-state index >= 15 is 0 Å². The summed E-state index contributed by atoms with van der Waals surface area (Å²) in [6.45, 7) is 5.68. The number of nitrogens with zero attached hydrogens (tertiary/aromatic N) is 3. The third-order valence-corrected chi connectivity index (χ3v) is 3.98. The Morgan fingerprint density at radius 1 is 1.50 bits per heavy atom. The minimum atomic E-state index is 0.0284. The summed E-state index contributed by atoms with van der Waals surface area (Å²) in [6, 6.07) is 1.94. The molecule has 2 N–H and O–H groups in total. The topological polar surface area (TPSA) is 71.8 Å². The Labute approximate surface area is 117 Å². The van der Waals surface area contributed by atoms with Crippen LogP contribution < -0.4 is 10.6 Å². The summed E-state index contributed by atoms with van der Waals surface area (Å²) in [5.74, 6) is 0.456. The van der Waals surface area contributed by atoms with E-state index in [4.69, 9.17) is 0 Å². The highest BCUT2D eigenvalue weighted by molar-refractivity contribution is 5.95. The van der Waals surface area contributed by atoms with Gasteiger partial charge in [-0.1, -0.05) is 6.92 Å². The van der Waals surface area contributed by atoms with E-state index in [1.54, 1.807) is 10.9 Å². The normalized spacial score (nSPS) is 22.4. The average molecular weight is 273 g/mol. The van der Waals surface area contributed by atoms with Crippen molar-refractivity contribution in [2.24, 2.45) is 18.9 Å². The van der Waals surface area contributed by atoms with Gasteiger partial charge in [-0.15, -0.1) is 0 Å². The van der Waals surface area contributed by atoms with Crippen LogP contribution in [0.5, 0.6) is 0 Å². The molecular formula is C14H19N5O. The van der Waals surface area contributed by atoms with Crippen LogP contribution in [0.1, 0.15) is 12.6 Å². The Hall–Kier alpha value is -1.95. The van der Waals surface area contributed by atoms with Crippen molar-refractivity contribution >= 4 is 22.6 Å². The summed E-state index contributed by atoms with van der Waals surface area (Å²) in [5, 5.41) is 11.5. The molecule has 0 radical (unpaired) electrons. The van der Waals surface area contributed by atoms with Crippen LogP contribution in [0.25, 0.3) is 11.0 Å². The van der Waals surface area contributed by atoms with Gasteiger partial charge in [-0.25, -0.2) is 4.98 Å². The maximum atomic E-state index is 12.3. The SMILES string of the molecule is Cc1nn(C)c2ncc(NC(=O)C3CNCC3C)cc12. The second-order valence-corrected chi connectivity index (χ2v) is 5.54. The molecule has 0 aliphatic carbocycles. The van der Waals surface area contributed by atoms with Crippen molar-refractivity contribution in [3.05, 3.63) is 18.0 Å². The van der Waals surface area contributed by atoms with E-state index in [-0.39, 0.29) is 11.8 Å². The first-order chi connectivity index (χ1) is 9.56. The lowest BCUT2D eigenvalue weighted by Crippen LogP contribution is -2.27. The van der Waals surface area contributed by atoms with E-state index in [1.807, 2.05) is 20.0 Å². The molecule has 1 aliphatic heterocycles. The Bertz CT molecular complexity index is 663. The van der Waals surface area contributed by atoms with Crippen molar-refractivity contribution in [2.75, 3.05) is 18.4 Å². The Morgan fingerprint density at radius 3 is 3.00 bits per heavy atom. The van der Waals surface area contributed by atoms with Crippen LogP contribution >= 0.6 is 0 Å². The van der Waals surface area contributed by atoms with Gasteiger partial charge in [0.15, 0.2) is 5.65 Å². The lowest BCUT2D eigenvalue weighted by atomic mass is 9.97. The fourth-order valence-corrected chi connectivity index (χ4v) is 2.77. The van der Waals surface area contributed by atoms with Crippen LogP contribution in [0.4, 0.5) is 5.69 Å². The molecule has 0 bridgehead atoms. The molecule has 6 heteroatoms. The smallest absolute Gasteiger partial charge is 0.229 e. The van der Waals surface area contributed by atoms with Gasteiger partial charge in [-0.3, -0.25) is 9.48 Å². The van der Waals surface area contributed by atoms with Gasteiger partial charge in [0.2, 0.25) is 5.91 Å². The Balaban J connectivity index is 1.84. The number of pyridine rings is 1. The maximum absolute atomic E-state index is 12.3.